The number of non-ortho nitro benzene ring substituents is 1. The number of anilines is 1. The monoisotopic (exact) mass is 350 g/mol. The van der Waals surface area contributed by atoms with Gasteiger partial charge in [-0.05, 0) is 17.7 Å². The lowest BCUT2D eigenvalue weighted by molar-refractivity contribution is -0.384. The summed E-state index contributed by atoms with van der Waals surface area (Å²) in [6, 6.07) is 12.6. The molecule has 134 valence electrons. The Morgan fingerprint density at radius 2 is 1.92 bits per heavy atom. The van der Waals surface area contributed by atoms with E-state index in [2.05, 4.69) is 50.1 Å². The third-order valence-corrected chi connectivity index (χ3v) is 5.04. The van der Waals surface area contributed by atoms with E-state index in [0.717, 1.165) is 0 Å². The predicted molar refractivity (Wildman–Crippen MR) is 105 cm³/mol. The molecule has 1 unspecified atom stereocenters. The van der Waals surface area contributed by atoms with Crippen LogP contribution in [-0.4, -0.2) is 23.1 Å². The third kappa shape index (κ3) is 3.08. The van der Waals surface area contributed by atoms with Gasteiger partial charge >= 0.3 is 0 Å². The Morgan fingerprint density at radius 3 is 2.62 bits per heavy atom. The van der Waals surface area contributed by atoms with Crippen molar-refractivity contribution in [3.8, 4) is 5.75 Å². The lowest BCUT2D eigenvalue weighted by atomic mass is 9.80. The molecule has 1 atom stereocenters. The van der Waals surface area contributed by atoms with Gasteiger partial charge in [-0.25, -0.2) is 0 Å². The Bertz CT molecular complexity index is 900. The van der Waals surface area contributed by atoms with Crippen molar-refractivity contribution < 1.29 is 10.0 Å². The second-order valence-electron chi connectivity index (χ2n) is 7.04. The van der Waals surface area contributed by atoms with Crippen molar-refractivity contribution in [3.05, 3.63) is 81.9 Å². The number of hydrogen-bond acceptors (Lipinski definition) is 4. The average molecular weight is 350 g/mol. The lowest BCUT2D eigenvalue weighted by Gasteiger charge is -2.29. The molecule has 1 aliphatic heterocycles. The van der Waals surface area contributed by atoms with E-state index in [4.69, 9.17) is 0 Å². The van der Waals surface area contributed by atoms with Crippen LogP contribution in [0, 0.1) is 10.1 Å². The van der Waals surface area contributed by atoms with Crippen LogP contribution in [0.5, 0.6) is 5.75 Å². The van der Waals surface area contributed by atoms with E-state index in [0.29, 0.717) is 5.56 Å². The number of nitro benzene ring substituents is 1. The van der Waals surface area contributed by atoms with E-state index in [-0.39, 0.29) is 22.9 Å². The van der Waals surface area contributed by atoms with Crippen LogP contribution in [0.4, 0.5) is 11.4 Å². The van der Waals surface area contributed by atoms with E-state index >= 15 is 0 Å². The Kier molecular flexibility index (Phi) is 4.55. The van der Waals surface area contributed by atoms with Gasteiger partial charge in [-0.1, -0.05) is 56.4 Å². The molecule has 1 aliphatic rings. The van der Waals surface area contributed by atoms with Crippen molar-refractivity contribution in [2.45, 2.75) is 25.3 Å². The molecule has 26 heavy (non-hydrogen) atoms. The van der Waals surface area contributed by atoms with Crippen LogP contribution in [0.1, 0.15) is 25.0 Å². The van der Waals surface area contributed by atoms with E-state index < -0.39 is 4.92 Å². The summed E-state index contributed by atoms with van der Waals surface area (Å²) >= 11 is 0. The maximum atomic E-state index is 10.9. The number of phenols is 1. The van der Waals surface area contributed by atoms with E-state index in [1.807, 2.05) is 12.1 Å². The number of para-hydroxylation sites is 1. The maximum absolute atomic E-state index is 10.9. The third-order valence-electron chi connectivity index (χ3n) is 5.04. The molecule has 0 saturated heterocycles. The first-order valence-electron chi connectivity index (χ1n) is 8.47. The molecule has 1 N–H and O–H groups in total. The molecule has 0 aliphatic carbocycles. The smallest absolute Gasteiger partial charge is 0.270 e. The van der Waals surface area contributed by atoms with Crippen LogP contribution in [0.25, 0.3) is 6.08 Å². The molecule has 0 amide bonds. The van der Waals surface area contributed by atoms with Crippen LogP contribution < -0.4 is 4.90 Å². The highest BCUT2D eigenvalue weighted by atomic mass is 16.6. The minimum Gasteiger partial charge on any atom is -0.507 e. The van der Waals surface area contributed by atoms with Gasteiger partial charge in [0, 0.05) is 35.8 Å². The molecule has 0 aromatic heterocycles. The fourth-order valence-corrected chi connectivity index (χ4v) is 3.61. The van der Waals surface area contributed by atoms with Crippen LogP contribution in [0.2, 0.25) is 0 Å². The summed E-state index contributed by atoms with van der Waals surface area (Å²) in [5.74, 6) is 0.0194. The van der Waals surface area contributed by atoms with Gasteiger partial charge in [0.05, 0.1) is 11.0 Å². The summed E-state index contributed by atoms with van der Waals surface area (Å²) < 4.78 is 0. The first kappa shape index (κ1) is 17.7. The molecule has 2 aromatic rings. The molecule has 0 radical (unpaired) electrons. The Labute approximate surface area is 153 Å². The lowest BCUT2D eigenvalue weighted by Crippen LogP contribution is -2.37. The van der Waals surface area contributed by atoms with Crippen molar-refractivity contribution >= 4 is 17.5 Å². The van der Waals surface area contributed by atoms with Crippen molar-refractivity contribution in [1.29, 1.82) is 0 Å². The number of hydrogen-bond donors (Lipinski definition) is 1. The van der Waals surface area contributed by atoms with Gasteiger partial charge in [-0.15, -0.1) is 0 Å². The number of nitrogens with zero attached hydrogens (tertiary/aromatic N) is 2. The SMILES string of the molecule is CN1c2ccccc2C(C)(C)C1C=CC=Cc1cc([N+](=O)[O-])ccc1O. The molecule has 0 bridgehead atoms. The van der Waals surface area contributed by atoms with Crippen molar-refractivity contribution in [2.75, 3.05) is 11.9 Å². The van der Waals surface area contributed by atoms with Gasteiger partial charge in [0.1, 0.15) is 5.75 Å². The largest absolute Gasteiger partial charge is 0.507 e. The molecule has 5 heteroatoms. The quantitative estimate of drug-likeness (QED) is 0.494. The first-order valence-corrected chi connectivity index (χ1v) is 8.47. The van der Waals surface area contributed by atoms with Gasteiger partial charge in [-0.3, -0.25) is 10.1 Å². The number of benzene rings is 2. The molecule has 2 aromatic carbocycles. The standard InChI is InChI=1S/C21H22N2O3/c1-21(2)17-9-5-6-10-18(17)22(3)20(21)11-7-4-8-15-14-16(23(25)26)12-13-19(15)24/h4-14,20,24H,1-3H3. The van der Waals surface area contributed by atoms with Crippen LogP contribution in [-0.2, 0) is 5.41 Å². The molecule has 3 rings (SSSR count). The van der Waals surface area contributed by atoms with Gasteiger partial charge in [0.2, 0.25) is 0 Å². The van der Waals surface area contributed by atoms with E-state index in [1.165, 1.54) is 29.4 Å². The highest BCUT2D eigenvalue weighted by Crippen LogP contribution is 2.44. The summed E-state index contributed by atoms with van der Waals surface area (Å²) in [7, 11) is 2.08. The van der Waals surface area contributed by atoms with Crippen molar-refractivity contribution in [3.63, 3.8) is 0 Å². The summed E-state index contributed by atoms with van der Waals surface area (Å²) in [5, 5.41) is 20.7. The highest BCUT2D eigenvalue weighted by Gasteiger charge is 2.40. The number of nitro groups is 1. The Hall–Kier alpha value is -3.08. The second kappa shape index (κ2) is 6.67. The minimum atomic E-state index is -0.472. The van der Waals surface area contributed by atoms with Gasteiger partial charge in [0.25, 0.3) is 5.69 Å². The Balaban J connectivity index is 1.80. The number of fused-ring (bicyclic) bond motifs is 1. The van der Waals surface area contributed by atoms with Crippen LogP contribution >= 0.6 is 0 Å². The number of aromatic hydroxyl groups is 1. The number of rotatable bonds is 4. The highest BCUT2D eigenvalue weighted by molar-refractivity contribution is 5.65. The zero-order valence-electron chi connectivity index (χ0n) is 15.1. The van der Waals surface area contributed by atoms with Crippen molar-refractivity contribution in [2.24, 2.45) is 0 Å². The Morgan fingerprint density at radius 1 is 1.19 bits per heavy atom. The zero-order valence-corrected chi connectivity index (χ0v) is 15.1. The van der Waals surface area contributed by atoms with Gasteiger partial charge in [0.15, 0.2) is 0 Å². The van der Waals surface area contributed by atoms with Crippen LogP contribution in [0.3, 0.4) is 0 Å². The zero-order chi connectivity index (χ0) is 18.9. The van der Waals surface area contributed by atoms with E-state index in [1.54, 1.807) is 12.2 Å². The number of likely N-dealkylation sites (N-methyl/N-ethyl adjacent to an activating group) is 1. The molecule has 1 heterocycles. The summed E-state index contributed by atoms with van der Waals surface area (Å²) in [6.45, 7) is 4.45. The number of phenolic OH excluding ortho intramolecular Hbond substituents is 1. The normalized spacial score (nSPS) is 18.6. The summed E-state index contributed by atoms with van der Waals surface area (Å²) in [6.07, 6.45) is 7.51. The fourth-order valence-electron chi connectivity index (χ4n) is 3.61. The van der Waals surface area contributed by atoms with Gasteiger partial charge < -0.3 is 10.0 Å². The summed E-state index contributed by atoms with van der Waals surface area (Å²) in [4.78, 5) is 12.6. The maximum Gasteiger partial charge on any atom is 0.270 e. The molecule has 5 nitrogen and oxygen atoms in total. The van der Waals surface area contributed by atoms with Crippen LogP contribution in [0.15, 0.2) is 60.7 Å². The minimum absolute atomic E-state index is 0.0194. The van der Waals surface area contributed by atoms with Crippen molar-refractivity contribution in [1.82, 2.24) is 0 Å². The molecule has 0 spiro atoms. The number of allylic oxidation sites excluding steroid dienone is 2. The fraction of sp³-hybridized carbons (Fsp3) is 0.238. The molecule has 0 fully saturated rings. The average Bonchev–Trinajstić information content (AvgIpc) is 2.80. The van der Waals surface area contributed by atoms with E-state index in [9.17, 15) is 15.2 Å². The molecule has 0 saturated carbocycles. The predicted octanol–water partition coefficient (Wildman–Crippen LogP) is 4.67. The molecular weight excluding hydrogens is 328 g/mol. The summed E-state index contributed by atoms with van der Waals surface area (Å²) in [5.41, 5.74) is 2.90. The van der Waals surface area contributed by atoms with Gasteiger partial charge in [-0.2, -0.15) is 0 Å². The first-order chi connectivity index (χ1) is 12.3. The molecular formula is C21H22N2O3. The second-order valence-corrected chi connectivity index (χ2v) is 7.04. The topological polar surface area (TPSA) is 66.6 Å².